The molecule has 0 amide bonds. The predicted octanol–water partition coefficient (Wildman–Crippen LogP) is 3.86. The van der Waals surface area contributed by atoms with Gasteiger partial charge in [-0.1, -0.05) is 11.6 Å². The quantitative estimate of drug-likeness (QED) is 0.600. The molecule has 2 aromatic carbocycles. The van der Waals surface area contributed by atoms with Crippen LogP contribution >= 0.6 is 23.8 Å². The molecule has 0 heterocycles. The van der Waals surface area contributed by atoms with Crippen molar-refractivity contribution < 1.29 is 23.5 Å². The minimum Gasteiger partial charge on any atom is -0.465 e. The molecule has 0 unspecified atom stereocenters. The first-order valence-corrected chi connectivity index (χ1v) is 7.97. The Kier molecular flexibility index (Phi) is 6.48. The summed E-state index contributed by atoms with van der Waals surface area (Å²) in [5.41, 5.74) is 1.02. The van der Waals surface area contributed by atoms with Crippen LogP contribution in [-0.4, -0.2) is 31.3 Å². The van der Waals surface area contributed by atoms with Crippen LogP contribution in [0.5, 0.6) is 0 Å². The van der Waals surface area contributed by atoms with Gasteiger partial charge in [0.25, 0.3) is 0 Å². The number of carbonyl (C=O) groups is 2. The van der Waals surface area contributed by atoms with Crippen LogP contribution in [0.3, 0.4) is 0 Å². The molecule has 2 rings (SSSR count). The second-order valence-corrected chi connectivity index (χ2v) is 5.80. The molecule has 0 saturated carbocycles. The molecular formula is C17H14ClFN2O4S. The third kappa shape index (κ3) is 4.90. The summed E-state index contributed by atoms with van der Waals surface area (Å²) >= 11 is 11.1. The van der Waals surface area contributed by atoms with E-state index in [0.29, 0.717) is 11.4 Å². The lowest BCUT2D eigenvalue weighted by molar-refractivity contribution is 0.0599. The van der Waals surface area contributed by atoms with Gasteiger partial charge in [0.05, 0.1) is 36.1 Å². The fourth-order valence-electron chi connectivity index (χ4n) is 2.05. The lowest BCUT2D eigenvalue weighted by Crippen LogP contribution is -2.20. The standard InChI is InChI=1S/C17H14ClFN2O4S/c1-24-15(22)9-5-10(16(23)25-2)7-12(6-9)20-17(26)21-14-4-3-11(19)8-13(14)18/h3-8H,1-2H3,(H2,20,21,26). The molecule has 26 heavy (non-hydrogen) atoms. The lowest BCUT2D eigenvalue weighted by atomic mass is 10.1. The van der Waals surface area contributed by atoms with E-state index in [9.17, 15) is 14.0 Å². The van der Waals surface area contributed by atoms with Crippen LogP contribution < -0.4 is 10.6 Å². The van der Waals surface area contributed by atoms with Crippen LogP contribution in [0.4, 0.5) is 15.8 Å². The van der Waals surface area contributed by atoms with Crippen molar-refractivity contribution in [3.63, 3.8) is 0 Å². The minimum absolute atomic E-state index is 0.122. The van der Waals surface area contributed by atoms with E-state index >= 15 is 0 Å². The highest BCUT2D eigenvalue weighted by atomic mass is 35.5. The summed E-state index contributed by atoms with van der Waals surface area (Å²) in [5, 5.41) is 5.89. The minimum atomic E-state index is -0.626. The molecule has 0 aliphatic carbocycles. The number of anilines is 2. The number of carbonyl (C=O) groups excluding carboxylic acids is 2. The van der Waals surface area contributed by atoms with Crippen molar-refractivity contribution in [2.75, 3.05) is 24.9 Å². The number of hydrogen-bond acceptors (Lipinski definition) is 5. The van der Waals surface area contributed by atoms with Crippen LogP contribution in [0.25, 0.3) is 0 Å². The van der Waals surface area contributed by atoms with Gasteiger partial charge in [-0.15, -0.1) is 0 Å². The summed E-state index contributed by atoms with van der Waals surface area (Å²) in [5.74, 6) is -1.73. The van der Waals surface area contributed by atoms with Gasteiger partial charge in [-0.2, -0.15) is 0 Å². The molecule has 0 aromatic heterocycles. The molecule has 0 bridgehead atoms. The zero-order valence-electron chi connectivity index (χ0n) is 13.8. The van der Waals surface area contributed by atoms with Gasteiger partial charge < -0.3 is 20.1 Å². The monoisotopic (exact) mass is 396 g/mol. The topological polar surface area (TPSA) is 76.7 Å². The second kappa shape index (κ2) is 8.59. The Balaban J connectivity index is 2.25. The highest BCUT2D eigenvalue weighted by Gasteiger charge is 2.14. The summed E-state index contributed by atoms with van der Waals surface area (Å²) in [4.78, 5) is 23.6. The van der Waals surface area contributed by atoms with Crippen molar-refractivity contribution in [3.8, 4) is 0 Å². The largest absolute Gasteiger partial charge is 0.465 e. The number of esters is 2. The zero-order chi connectivity index (χ0) is 19.3. The lowest BCUT2D eigenvalue weighted by Gasteiger charge is -2.13. The highest BCUT2D eigenvalue weighted by molar-refractivity contribution is 7.80. The number of ether oxygens (including phenoxy) is 2. The van der Waals surface area contributed by atoms with Gasteiger partial charge in [-0.25, -0.2) is 14.0 Å². The maximum atomic E-state index is 13.1. The van der Waals surface area contributed by atoms with E-state index in [1.807, 2.05) is 0 Å². The summed E-state index contributed by atoms with van der Waals surface area (Å²) in [6.07, 6.45) is 0. The molecular weight excluding hydrogens is 383 g/mol. The average Bonchev–Trinajstić information content (AvgIpc) is 2.62. The second-order valence-electron chi connectivity index (χ2n) is 4.99. The van der Waals surface area contributed by atoms with Crippen LogP contribution in [0.1, 0.15) is 20.7 Å². The molecule has 0 spiro atoms. The van der Waals surface area contributed by atoms with Crippen molar-refractivity contribution >= 4 is 52.2 Å². The van der Waals surface area contributed by atoms with E-state index in [4.69, 9.17) is 23.8 Å². The summed E-state index contributed by atoms with van der Waals surface area (Å²) in [6.45, 7) is 0. The van der Waals surface area contributed by atoms with Gasteiger partial charge in [0.1, 0.15) is 5.82 Å². The number of rotatable bonds is 4. The number of benzene rings is 2. The van der Waals surface area contributed by atoms with E-state index in [0.717, 1.165) is 6.07 Å². The molecule has 9 heteroatoms. The summed E-state index contributed by atoms with van der Waals surface area (Å²) in [6, 6.07) is 8.05. The summed E-state index contributed by atoms with van der Waals surface area (Å²) < 4.78 is 22.4. The smallest absolute Gasteiger partial charge is 0.337 e. The van der Waals surface area contributed by atoms with E-state index in [1.165, 1.54) is 44.6 Å². The zero-order valence-corrected chi connectivity index (χ0v) is 15.3. The van der Waals surface area contributed by atoms with Crippen LogP contribution in [-0.2, 0) is 9.47 Å². The Hall–Kier alpha value is -2.71. The molecule has 2 N–H and O–H groups in total. The fourth-order valence-corrected chi connectivity index (χ4v) is 2.49. The predicted molar refractivity (Wildman–Crippen MR) is 100 cm³/mol. The summed E-state index contributed by atoms with van der Waals surface area (Å²) in [7, 11) is 2.45. The third-order valence-electron chi connectivity index (χ3n) is 3.21. The van der Waals surface area contributed by atoms with Crippen molar-refractivity contribution in [1.29, 1.82) is 0 Å². The van der Waals surface area contributed by atoms with Gasteiger partial charge in [0, 0.05) is 5.69 Å². The maximum absolute atomic E-state index is 13.1. The molecule has 0 aliphatic heterocycles. The first-order valence-electron chi connectivity index (χ1n) is 7.19. The van der Waals surface area contributed by atoms with Gasteiger partial charge in [0.2, 0.25) is 0 Å². The maximum Gasteiger partial charge on any atom is 0.337 e. The van der Waals surface area contributed by atoms with Crippen LogP contribution in [0, 0.1) is 5.82 Å². The Morgan fingerprint density at radius 3 is 2.08 bits per heavy atom. The van der Waals surface area contributed by atoms with Crippen LogP contribution in [0.2, 0.25) is 5.02 Å². The normalized spacial score (nSPS) is 10.0. The molecule has 0 aliphatic rings. The van der Waals surface area contributed by atoms with Crippen molar-refractivity contribution in [2.45, 2.75) is 0 Å². The van der Waals surface area contributed by atoms with Crippen molar-refractivity contribution in [1.82, 2.24) is 0 Å². The first-order chi connectivity index (χ1) is 12.3. The molecule has 6 nitrogen and oxygen atoms in total. The SMILES string of the molecule is COC(=O)c1cc(NC(=S)Nc2ccc(F)cc2Cl)cc(C(=O)OC)c1. The number of halogens is 2. The highest BCUT2D eigenvalue weighted by Crippen LogP contribution is 2.23. The van der Waals surface area contributed by atoms with E-state index in [1.54, 1.807) is 0 Å². The molecule has 136 valence electrons. The van der Waals surface area contributed by atoms with E-state index in [2.05, 4.69) is 20.1 Å². The molecule has 0 fully saturated rings. The van der Waals surface area contributed by atoms with E-state index in [-0.39, 0.29) is 21.3 Å². The Labute approximate surface area is 159 Å². The number of thiocarbonyl (C=S) groups is 1. The fraction of sp³-hybridized carbons (Fsp3) is 0.118. The number of nitrogens with one attached hydrogen (secondary N) is 2. The van der Waals surface area contributed by atoms with E-state index < -0.39 is 17.8 Å². The first kappa shape index (κ1) is 19.6. The van der Waals surface area contributed by atoms with Gasteiger partial charge >= 0.3 is 11.9 Å². The Morgan fingerprint density at radius 1 is 1.00 bits per heavy atom. The molecule has 2 aromatic rings. The molecule has 0 atom stereocenters. The van der Waals surface area contributed by atoms with Crippen LogP contribution in [0.15, 0.2) is 36.4 Å². The number of hydrogen-bond donors (Lipinski definition) is 2. The number of methoxy groups -OCH3 is 2. The average molecular weight is 397 g/mol. The third-order valence-corrected chi connectivity index (χ3v) is 3.73. The van der Waals surface area contributed by atoms with Gasteiger partial charge in [-0.3, -0.25) is 0 Å². The van der Waals surface area contributed by atoms with Gasteiger partial charge in [0.15, 0.2) is 5.11 Å². The Bertz CT molecular complexity index is 842. The van der Waals surface area contributed by atoms with Gasteiger partial charge in [-0.05, 0) is 48.6 Å². The molecule has 0 saturated heterocycles. The van der Waals surface area contributed by atoms with Crippen molar-refractivity contribution in [3.05, 3.63) is 58.4 Å². The Morgan fingerprint density at radius 2 is 1.58 bits per heavy atom. The van der Waals surface area contributed by atoms with Crippen molar-refractivity contribution in [2.24, 2.45) is 0 Å². The molecule has 0 radical (unpaired) electrons.